The lowest BCUT2D eigenvalue weighted by Crippen LogP contribution is -1.97. The average Bonchev–Trinajstić information content (AvgIpc) is 3.04. The molecule has 2 aromatic carbocycles. The molecule has 1 aliphatic rings. The van der Waals surface area contributed by atoms with E-state index >= 15 is 0 Å². The second-order valence-corrected chi connectivity index (χ2v) is 6.09. The summed E-state index contributed by atoms with van der Waals surface area (Å²) in [4.78, 5) is 15.1. The van der Waals surface area contributed by atoms with Gasteiger partial charge in [-0.2, -0.15) is 0 Å². The Balaban J connectivity index is 1.83. The number of non-ortho nitro benzene ring substituents is 1. The summed E-state index contributed by atoms with van der Waals surface area (Å²) in [5, 5.41) is 11.8. The Labute approximate surface area is 139 Å². The fraction of sp³-hybridized carbons (Fsp3) is 0.211. The third kappa shape index (κ3) is 2.48. The number of pyridine rings is 1. The molecular weight excluding hydrogens is 304 g/mol. The van der Waals surface area contributed by atoms with Crippen LogP contribution in [0.1, 0.15) is 23.2 Å². The van der Waals surface area contributed by atoms with Gasteiger partial charge in [0.05, 0.1) is 10.4 Å². The number of nitrogens with zero attached hydrogens (tertiary/aromatic N) is 2. The molecule has 1 aromatic heterocycles. The van der Waals surface area contributed by atoms with E-state index in [0.717, 1.165) is 52.7 Å². The quantitative estimate of drug-likeness (QED) is 0.517. The molecule has 1 aliphatic carbocycles. The van der Waals surface area contributed by atoms with E-state index in [1.807, 2.05) is 19.1 Å². The summed E-state index contributed by atoms with van der Waals surface area (Å²) in [6.07, 6.45) is 3.00. The maximum Gasteiger partial charge on any atom is 0.269 e. The number of nitro groups is 1. The number of aryl methyl sites for hydroxylation is 2. The zero-order valence-electron chi connectivity index (χ0n) is 13.3. The molecule has 24 heavy (non-hydrogen) atoms. The normalized spacial score (nSPS) is 13.0. The van der Waals surface area contributed by atoms with Gasteiger partial charge >= 0.3 is 0 Å². The number of nitro benzene ring substituents is 1. The predicted molar refractivity (Wildman–Crippen MR) is 91.7 cm³/mol. The van der Waals surface area contributed by atoms with Crippen molar-refractivity contribution >= 4 is 16.6 Å². The maximum absolute atomic E-state index is 10.8. The van der Waals surface area contributed by atoms with Crippen LogP contribution in [0, 0.1) is 17.0 Å². The fourth-order valence-corrected chi connectivity index (χ4v) is 3.20. The lowest BCUT2D eigenvalue weighted by molar-refractivity contribution is -0.384. The highest BCUT2D eigenvalue weighted by molar-refractivity contribution is 5.88. The zero-order chi connectivity index (χ0) is 16.7. The number of benzene rings is 2. The van der Waals surface area contributed by atoms with Crippen molar-refractivity contribution in [3.63, 3.8) is 0 Å². The van der Waals surface area contributed by atoms with Crippen molar-refractivity contribution in [1.82, 2.24) is 4.98 Å². The molecule has 0 saturated heterocycles. The standard InChI is InChI=1S/C19H16N2O3/c1-12-5-10-18-16(11-12)19(15-3-2-4-17(15)20-18)24-14-8-6-13(7-9-14)21(22)23/h5-11H,2-4H2,1H3. The molecule has 0 bridgehead atoms. The third-order valence-corrected chi connectivity index (χ3v) is 4.38. The lowest BCUT2D eigenvalue weighted by Gasteiger charge is -2.14. The number of hydrogen-bond acceptors (Lipinski definition) is 4. The molecular formula is C19H16N2O3. The van der Waals surface area contributed by atoms with Crippen molar-refractivity contribution in [3.8, 4) is 11.5 Å². The van der Waals surface area contributed by atoms with Gasteiger partial charge in [-0.15, -0.1) is 0 Å². The summed E-state index contributed by atoms with van der Waals surface area (Å²) in [6.45, 7) is 2.04. The van der Waals surface area contributed by atoms with Gasteiger partial charge in [0, 0.05) is 28.8 Å². The first-order valence-corrected chi connectivity index (χ1v) is 7.96. The molecule has 5 heteroatoms. The first-order chi connectivity index (χ1) is 11.6. The average molecular weight is 320 g/mol. The van der Waals surface area contributed by atoms with Crippen LogP contribution in [0.2, 0.25) is 0 Å². The Morgan fingerprint density at radius 2 is 1.92 bits per heavy atom. The van der Waals surface area contributed by atoms with Crippen LogP contribution in [-0.4, -0.2) is 9.91 Å². The molecule has 120 valence electrons. The smallest absolute Gasteiger partial charge is 0.269 e. The Bertz CT molecular complexity index is 949. The second-order valence-electron chi connectivity index (χ2n) is 6.09. The highest BCUT2D eigenvalue weighted by Gasteiger charge is 2.21. The molecule has 4 rings (SSSR count). The molecule has 0 amide bonds. The van der Waals surface area contributed by atoms with Crippen molar-refractivity contribution < 1.29 is 9.66 Å². The molecule has 0 N–H and O–H groups in total. The van der Waals surface area contributed by atoms with E-state index in [4.69, 9.17) is 9.72 Å². The molecule has 0 unspecified atom stereocenters. The molecule has 0 fully saturated rings. The Morgan fingerprint density at radius 1 is 1.12 bits per heavy atom. The Kier molecular flexibility index (Phi) is 3.41. The van der Waals surface area contributed by atoms with Gasteiger partial charge in [-0.3, -0.25) is 15.1 Å². The van der Waals surface area contributed by atoms with Gasteiger partial charge < -0.3 is 4.74 Å². The number of aromatic nitrogens is 1. The molecule has 0 radical (unpaired) electrons. The van der Waals surface area contributed by atoms with E-state index < -0.39 is 4.92 Å². The van der Waals surface area contributed by atoms with Crippen molar-refractivity contribution in [2.75, 3.05) is 0 Å². The summed E-state index contributed by atoms with van der Waals surface area (Å²) in [5.74, 6) is 1.44. The zero-order valence-corrected chi connectivity index (χ0v) is 13.3. The highest BCUT2D eigenvalue weighted by atomic mass is 16.6. The van der Waals surface area contributed by atoms with Crippen LogP contribution in [0.15, 0.2) is 42.5 Å². The monoisotopic (exact) mass is 320 g/mol. The van der Waals surface area contributed by atoms with Crippen LogP contribution >= 0.6 is 0 Å². The van der Waals surface area contributed by atoms with Gasteiger partial charge in [0.1, 0.15) is 11.5 Å². The van der Waals surface area contributed by atoms with Gasteiger partial charge in [0.15, 0.2) is 0 Å². The minimum Gasteiger partial charge on any atom is -0.456 e. The highest BCUT2D eigenvalue weighted by Crippen LogP contribution is 2.39. The van der Waals surface area contributed by atoms with Crippen molar-refractivity contribution in [1.29, 1.82) is 0 Å². The van der Waals surface area contributed by atoms with Crippen LogP contribution in [-0.2, 0) is 12.8 Å². The van der Waals surface area contributed by atoms with E-state index in [1.54, 1.807) is 12.1 Å². The maximum atomic E-state index is 10.8. The number of fused-ring (bicyclic) bond motifs is 2. The number of rotatable bonds is 3. The summed E-state index contributed by atoms with van der Waals surface area (Å²) >= 11 is 0. The number of hydrogen-bond donors (Lipinski definition) is 0. The van der Waals surface area contributed by atoms with Crippen molar-refractivity contribution in [2.24, 2.45) is 0 Å². The topological polar surface area (TPSA) is 65.3 Å². The van der Waals surface area contributed by atoms with Gasteiger partial charge in [0.2, 0.25) is 0 Å². The fourth-order valence-electron chi connectivity index (χ4n) is 3.20. The lowest BCUT2D eigenvalue weighted by atomic mass is 10.1. The van der Waals surface area contributed by atoms with Crippen LogP contribution in [0.3, 0.4) is 0 Å². The van der Waals surface area contributed by atoms with Gasteiger partial charge in [-0.05, 0) is 50.5 Å². The van der Waals surface area contributed by atoms with Crippen LogP contribution in [0.4, 0.5) is 5.69 Å². The Morgan fingerprint density at radius 3 is 2.67 bits per heavy atom. The van der Waals surface area contributed by atoms with Gasteiger partial charge in [-0.1, -0.05) is 11.6 Å². The second kappa shape index (κ2) is 5.60. The van der Waals surface area contributed by atoms with Crippen molar-refractivity contribution in [3.05, 3.63) is 69.4 Å². The molecule has 0 saturated carbocycles. The first kappa shape index (κ1) is 14.6. The molecule has 3 aromatic rings. The summed E-state index contributed by atoms with van der Waals surface area (Å²) in [7, 11) is 0. The minimum absolute atomic E-state index is 0.0583. The summed E-state index contributed by atoms with van der Waals surface area (Å²) < 4.78 is 6.16. The SMILES string of the molecule is Cc1ccc2nc3c(c(Oc4ccc([N+](=O)[O-])cc4)c2c1)CCC3. The molecule has 1 heterocycles. The summed E-state index contributed by atoms with van der Waals surface area (Å²) in [6, 6.07) is 12.4. The molecule has 5 nitrogen and oxygen atoms in total. The van der Waals surface area contributed by atoms with E-state index in [1.165, 1.54) is 12.1 Å². The van der Waals surface area contributed by atoms with E-state index in [0.29, 0.717) is 5.75 Å². The Hall–Kier alpha value is -2.95. The molecule has 0 aliphatic heterocycles. The molecule has 0 spiro atoms. The third-order valence-electron chi connectivity index (χ3n) is 4.38. The minimum atomic E-state index is -0.410. The first-order valence-electron chi connectivity index (χ1n) is 7.96. The largest absolute Gasteiger partial charge is 0.456 e. The predicted octanol–water partition coefficient (Wildman–Crippen LogP) is 4.73. The van der Waals surface area contributed by atoms with Gasteiger partial charge in [-0.25, -0.2) is 0 Å². The summed E-state index contributed by atoms with van der Waals surface area (Å²) in [5.41, 5.74) is 4.40. The van der Waals surface area contributed by atoms with Crippen LogP contribution in [0.25, 0.3) is 10.9 Å². The number of ether oxygens (including phenoxy) is 1. The van der Waals surface area contributed by atoms with Crippen LogP contribution in [0.5, 0.6) is 11.5 Å². The van der Waals surface area contributed by atoms with Crippen molar-refractivity contribution in [2.45, 2.75) is 26.2 Å². The molecule has 0 atom stereocenters. The van der Waals surface area contributed by atoms with Gasteiger partial charge in [0.25, 0.3) is 5.69 Å². The van der Waals surface area contributed by atoms with Crippen LogP contribution < -0.4 is 4.74 Å². The van der Waals surface area contributed by atoms with E-state index in [-0.39, 0.29) is 5.69 Å². The van der Waals surface area contributed by atoms with E-state index in [9.17, 15) is 10.1 Å². The van der Waals surface area contributed by atoms with E-state index in [2.05, 4.69) is 6.07 Å².